The maximum absolute atomic E-state index is 3.02. The van der Waals surface area contributed by atoms with Crippen molar-refractivity contribution in [2.75, 3.05) is 13.6 Å². The van der Waals surface area contributed by atoms with Crippen molar-refractivity contribution in [2.24, 2.45) is 129 Å². The van der Waals surface area contributed by atoms with Gasteiger partial charge in [0.05, 0.1) is 0 Å². The average Bonchev–Trinajstić information content (AvgIpc) is 4.14. The summed E-state index contributed by atoms with van der Waals surface area (Å²) in [7, 11) is 2.63. The second-order valence-corrected chi connectivity index (χ2v) is 25.9. The van der Waals surface area contributed by atoms with Gasteiger partial charge in [0.15, 0.2) is 0 Å². The number of aryl methyl sites for hydroxylation is 1. The Morgan fingerprint density at radius 1 is 0.597 bits per heavy atom. The highest BCUT2D eigenvalue weighted by atomic mass is 15.2. The highest BCUT2D eigenvalue weighted by molar-refractivity contribution is 5.78. The number of rotatable bonds is 12. The fourth-order valence-electron chi connectivity index (χ4n) is 25.2. The molecule has 23 atom stereocenters. The van der Waals surface area contributed by atoms with E-state index in [9.17, 15) is 0 Å². The van der Waals surface area contributed by atoms with E-state index < -0.39 is 0 Å². The quantitative estimate of drug-likeness (QED) is 0.150. The number of hydrogen-bond donors (Lipinski definition) is 0. The van der Waals surface area contributed by atoms with E-state index in [2.05, 4.69) is 96.3 Å². The zero-order valence-electron chi connectivity index (χ0n) is 37.7. The van der Waals surface area contributed by atoms with Gasteiger partial charge in [-0.2, -0.15) is 0 Å². The molecule has 1 heterocycles. The van der Waals surface area contributed by atoms with Crippen LogP contribution >= 0.6 is 0 Å². The highest BCUT2D eigenvalue weighted by Crippen LogP contribution is 2.94. The minimum Gasteiger partial charge on any atom is -0.297 e. The van der Waals surface area contributed by atoms with E-state index in [1.54, 1.807) is 29.5 Å². The van der Waals surface area contributed by atoms with E-state index in [4.69, 9.17) is 0 Å². The zero-order chi connectivity index (χ0) is 39.9. The van der Waals surface area contributed by atoms with Gasteiger partial charge in [0.1, 0.15) is 0 Å². The van der Waals surface area contributed by atoms with Crippen LogP contribution in [-0.2, 0) is 6.42 Å². The number of unbranched alkanes of at least 4 members (excludes halogenated alkanes) is 9. The molecule has 0 bridgehead atoms. The standard InChI is InChI=1S/C61H69N/c1-3-4-5-6-7-8-9-10-11-12-13-29-14-16-30(17-15-29)59-61-40-27-26-39-37-24-22-35-33-20-18-31-32-19-21-34-36-23-25-38(40)48-46(36)51-44(34)42(32)49-41(31)43(33)50-45(35)47(37)57(60(39,61)28-62(59)2)55-53(50)52(49)54(51)56(55)58(48)61/h14-18,20,22,24,26-27,31-36,41-46,48-49,51-52,54-56,58-59H,3-13,19,21,23,25,28H2,1-2H3. The first-order valence-corrected chi connectivity index (χ1v) is 27.5. The van der Waals surface area contributed by atoms with E-state index in [1.807, 2.05) is 22.3 Å². The lowest BCUT2D eigenvalue weighted by Crippen LogP contribution is -2.63. The first-order chi connectivity index (χ1) is 30.7. The molecule has 10 fully saturated rings. The maximum atomic E-state index is 3.02. The van der Waals surface area contributed by atoms with E-state index in [0.29, 0.717) is 17.9 Å². The number of allylic oxidation sites excluding steroid dienone is 11. The molecule has 17 aliphatic rings. The van der Waals surface area contributed by atoms with Gasteiger partial charge in [-0.1, -0.05) is 142 Å². The van der Waals surface area contributed by atoms with Crippen LogP contribution in [0.3, 0.4) is 0 Å². The second kappa shape index (κ2) is 11.1. The van der Waals surface area contributed by atoms with Gasteiger partial charge in [-0.15, -0.1) is 0 Å². The highest BCUT2D eigenvalue weighted by Gasteiger charge is 2.89. The fourth-order valence-corrected chi connectivity index (χ4v) is 25.2. The van der Waals surface area contributed by atoms with Crippen molar-refractivity contribution < 1.29 is 0 Å². The van der Waals surface area contributed by atoms with Gasteiger partial charge in [-0.3, -0.25) is 4.90 Å². The Morgan fingerprint density at radius 3 is 2.18 bits per heavy atom. The lowest BCUT2D eigenvalue weighted by atomic mass is 9.36. The zero-order valence-corrected chi connectivity index (χ0v) is 37.7. The molecule has 18 rings (SSSR count). The number of benzene rings is 1. The van der Waals surface area contributed by atoms with Crippen LogP contribution in [0.2, 0.25) is 0 Å². The molecule has 318 valence electrons. The third-order valence-corrected chi connectivity index (χ3v) is 25.2. The number of nitrogens with zero attached hydrogens (tertiary/aromatic N) is 1. The number of hydrogen-bond acceptors (Lipinski definition) is 1. The minimum atomic E-state index is 0.147. The Balaban J connectivity index is 0.812. The molecular weight excluding hydrogens is 747 g/mol. The first-order valence-electron chi connectivity index (χ1n) is 27.5. The van der Waals surface area contributed by atoms with Crippen molar-refractivity contribution >= 4 is 0 Å². The Bertz CT molecular complexity index is 2530. The third-order valence-electron chi connectivity index (χ3n) is 25.2. The number of likely N-dealkylation sites (tertiary alicyclic amines) is 1. The first kappa shape index (κ1) is 34.7. The van der Waals surface area contributed by atoms with Crippen LogP contribution in [0.1, 0.15) is 114 Å². The summed E-state index contributed by atoms with van der Waals surface area (Å²) >= 11 is 0. The molecule has 0 N–H and O–H groups in total. The molecule has 1 aromatic rings. The third kappa shape index (κ3) is 3.26. The second-order valence-electron chi connectivity index (χ2n) is 25.9. The van der Waals surface area contributed by atoms with Gasteiger partial charge in [0, 0.05) is 35.3 Å². The van der Waals surface area contributed by atoms with Crippen molar-refractivity contribution in [3.63, 3.8) is 0 Å². The van der Waals surface area contributed by atoms with Crippen LogP contribution in [0.15, 0.2) is 105 Å². The van der Waals surface area contributed by atoms with E-state index in [1.165, 1.54) is 90.0 Å². The van der Waals surface area contributed by atoms with Crippen LogP contribution in [-0.4, -0.2) is 18.5 Å². The summed E-state index contributed by atoms with van der Waals surface area (Å²) in [4.78, 5) is 3.02. The smallest absolute Gasteiger partial charge is 0.0457 e. The van der Waals surface area contributed by atoms with Crippen molar-refractivity contribution in [3.05, 3.63) is 116 Å². The predicted octanol–water partition coefficient (Wildman–Crippen LogP) is 13.1. The van der Waals surface area contributed by atoms with Gasteiger partial charge >= 0.3 is 0 Å². The Kier molecular flexibility index (Phi) is 6.22. The van der Waals surface area contributed by atoms with Crippen LogP contribution in [0.4, 0.5) is 0 Å². The van der Waals surface area contributed by atoms with Gasteiger partial charge < -0.3 is 0 Å². The lowest BCUT2D eigenvalue weighted by Gasteiger charge is -2.66. The summed E-state index contributed by atoms with van der Waals surface area (Å²) in [6.45, 7) is 3.58. The van der Waals surface area contributed by atoms with E-state index >= 15 is 0 Å². The SMILES string of the molecule is CCCCCCCCCCCCc1ccc(C2N(C)CC34C5=C6C=CC7C8C6=C3C3C6=C8C8C7C=CC7C9CCC%10C%11CCC%12=C(C=C5)C24C2C%12C%11C4C%10C9C(C6C4C32)C78)cc1. The molecular formula is C61H69N. The van der Waals surface area contributed by atoms with Crippen LogP contribution < -0.4 is 0 Å². The summed E-state index contributed by atoms with van der Waals surface area (Å²) in [6.07, 6.45) is 38.8. The molecule has 1 saturated heterocycles. The largest absolute Gasteiger partial charge is 0.297 e. The summed E-state index contributed by atoms with van der Waals surface area (Å²) in [5, 5.41) is 0. The van der Waals surface area contributed by atoms with Gasteiger partial charge in [-0.25, -0.2) is 0 Å². The molecule has 0 amide bonds. The van der Waals surface area contributed by atoms with E-state index in [0.717, 1.165) is 107 Å². The van der Waals surface area contributed by atoms with Gasteiger partial charge in [0.25, 0.3) is 0 Å². The Morgan fingerprint density at radius 2 is 1.32 bits per heavy atom. The van der Waals surface area contributed by atoms with Crippen LogP contribution in [0.25, 0.3) is 0 Å². The fraction of sp³-hybridized carbons (Fsp3) is 0.672. The lowest BCUT2D eigenvalue weighted by molar-refractivity contribution is -0.143. The summed E-state index contributed by atoms with van der Waals surface area (Å²) < 4.78 is 0. The Labute approximate surface area is 371 Å². The van der Waals surface area contributed by atoms with Crippen molar-refractivity contribution in [2.45, 2.75) is 109 Å². The minimum absolute atomic E-state index is 0.147. The molecule has 62 heavy (non-hydrogen) atoms. The van der Waals surface area contributed by atoms with Gasteiger partial charge in [-0.05, 0) is 191 Å². The molecule has 0 aromatic heterocycles. The topological polar surface area (TPSA) is 3.24 Å². The van der Waals surface area contributed by atoms with Crippen LogP contribution in [0, 0.1) is 129 Å². The molecule has 1 aliphatic heterocycles. The average molecular weight is 816 g/mol. The molecule has 23 unspecified atom stereocenters. The van der Waals surface area contributed by atoms with Crippen molar-refractivity contribution in [1.82, 2.24) is 4.90 Å². The molecule has 16 aliphatic carbocycles. The molecule has 1 aromatic carbocycles. The maximum Gasteiger partial charge on any atom is 0.0457 e. The molecule has 0 radical (unpaired) electrons. The van der Waals surface area contributed by atoms with Crippen molar-refractivity contribution in [1.29, 1.82) is 0 Å². The normalized spacial score (nSPS) is 55.1. The Hall–Kier alpha value is -2.64. The molecule has 9 saturated carbocycles. The number of fused-ring (bicyclic) bond motifs is 3. The van der Waals surface area contributed by atoms with E-state index in [-0.39, 0.29) is 10.8 Å². The van der Waals surface area contributed by atoms with Crippen molar-refractivity contribution in [3.8, 4) is 0 Å². The van der Waals surface area contributed by atoms with Gasteiger partial charge in [0.2, 0.25) is 0 Å². The van der Waals surface area contributed by atoms with Crippen LogP contribution in [0.5, 0.6) is 0 Å². The summed E-state index contributed by atoms with van der Waals surface area (Å²) in [6, 6.07) is 11.1. The molecule has 1 nitrogen and oxygen atoms in total. The predicted molar refractivity (Wildman–Crippen MR) is 246 cm³/mol. The summed E-state index contributed by atoms with van der Waals surface area (Å²) in [5.74, 6) is 18.4. The monoisotopic (exact) mass is 816 g/mol. The molecule has 2 spiro atoms. The molecule has 1 heteroatoms. The summed E-state index contributed by atoms with van der Waals surface area (Å²) in [5.41, 5.74) is 19.6.